The van der Waals surface area contributed by atoms with Crippen LogP contribution in [-0.4, -0.2) is 48.8 Å². The van der Waals surface area contributed by atoms with E-state index in [0.717, 1.165) is 31.1 Å². The van der Waals surface area contributed by atoms with Crippen molar-refractivity contribution in [2.75, 3.05) is 32.5 Å². The van der Waals surface area contributed by atoms with E-state index >= 15 is 0 Å². The van der Waals surface area contributed by atoms with Crippen molar-refractivity contribution in [2.24, 2.45) is 16.3 Å². The molecular weight excluding hydrogens is 485 g/mol. The number of halogens is 1. The molecule has 3 atom stereocenters. The first-order chi connectivity index (χ1) is 12.9. The zero-order valence-electron chi connectivity index (χ0n) is 17.6. The van der Waals surface area contributed by atoms with Crippen LogP contribution in [0, 0.1) is 11.3 Å². The Bertz CT molecular complexity index is 620. The molecule has 1 aromatic rings. The number of hydrogen-bond acceptors (Lipinski definition) is 3. The highest BCUT2D eigenvalue weighted by Crippen LogP contribution is 2.33. The van der Waals surface area contributed by atoms with Crippen molar-refractivity contribution in [1.82, 2.24) is 10.6 Å². The molecule has 2 N–H and O–H groups in total. The maximum atomic E-state index is 12.2. The van der Waals surface area contributed by atoms with Gasteiger partial charge >= 0.3 is 0 Å². The normalized spacial score (nSPS) is 21.5. The van der Waals surface area contributed by atoms with Gasteiger partial charge in [-0.05, 0) is 23.8 Å². The fourth-order valence-electron chi connectivity index (χ4n) is 3.57. The van der Waals surface area contributed by atoms with Crippen molar-refractivity contribution in [1.29, 1.82) is 0 Å². The van der Waals surface area contributed by atoms with Gasteiger partial charge in [0.2, 0.25) is 0 Å². The smallest absolute Gasteiger partial charge is 0.191 e. The average molecular weight is 522 g/mol. The van der Waals surface area contributed by atoms with E-state index in [2.05, 4.69) is 36.4 Å². The van der Waals surface area contributed by atoms with Gasteiger partial charge in [0.15, 0.2) is 5.96 Å². The number of benzene rings is 1. The molecule has 28 heavy (non-hydrogen) atoms. The lowest BCUT2D eigenvalue weighted by atomic mass is 9.78. The Kier molecular flexibility index (Phi) is 11.6. The zero-order chi connectivity index (χ0) is 19.7. The van der Waals surface area contributed by atoms with E-state index in [1.165, 1.54) is 6.42 Å². The summed E-state index contributed by atoms with van der Waals surface area (Å²) >= 11 is 0. The van der Waals surface area contributed by atoms with E-state index in [-0.39, 0.29) is 35.5 Å². The number of nitrogens with zero attached hydrogens (tertiary/aromatic N) is 1. The van der Waals surface area contributed by atoms with Crippen molar-refractivity contribution in [3.63, 3.8) is 0 Å². The molecule has 0 aromatic heterocycles. The number of ether oxygens (including phenoxy) is 1. The zero-order valence-corrected chi connectivity index (χ0v) is 20.7. The molecule has 160 valence electrons. The van der Waals surface area contributed by atoms with Crippen LogP contribution < -0.4 is 10.6 Å². The van der Waals surface area contributed by atoms with E-state index in [1.807, 2.05) is 30.3 Å². The van der Waals surface area contributed by atoms with Crippen LogP contribution in [-0.2, 0) is 21.3 Å². The largest absolute Gasteiger partial charge is 0.377 e. The standard InChI is InChI=1S/C21H35N3O2S.HI/c1-21(2,3)19-18(11-8-13-26-19)15-24-20(22-4)23-12-14-27(25)16-17-9-6-5-7-10-17;/h5-7,9-10,18-19H,8,11-16H2,1-4H3,(H2,22,23,24);1H. The number of guanidine groups is 1. The lowest BCUT2D eigenvalue weighted by Crippen LogP contribution is -2.48. The summed E-state index contributed by atoms with van der Waals surface area (Å²) < 4.78 is 18.3. The molecule has 1 heterocycles. The molecular formula is C21H36IN3O2S. The Labute approximate surface area is 190 Å². The quantitative estimate of drug-likeness (QED) is 0.327. The third kappa shape index (κ3) is 8.78. The van der Waals surface area contributed by atoms with Crippen LogP contribution in [0.25, 0.3) is 0 Å². The maximum Gasteiger partial charge on any atom is 0.191 e. The molecule has 1 aliphatic rings. The summed E-state index contributed by atoms with van der Waals surface area (Å²) in [4.78, 5) is 4.30. The van der Waals surface area contributed by atoms with Crippen molar-refractivity contribution in [3.8, 4) is 0 Å². The topological polar surface area (TPSA) is 62.7 Å². The van der Waals surface area contributed by atoms with Gasteiger partial charge in [-0.25, -0.2) is 0 Å². The highest BCUT2D eigenvalue weighted by molar-refractivity contribution is 14.0. The second-order valence-corrected chi connectivity index (χ2v) is 9.79. The minimum Gasteiger partial charge on any atom is -0.377 e. The maximum absolute atomic E-state index is 12.2. The molecule has 2 rings (SSSR count). The Morgan fingerprint density at radius 2 is 1.96 bits per heavy atom. The molecule has 0 radical (unpaired) electrons. The van der Waals surface area contributed by atoms with Crippen molar-refractivity contribution in [2.45, 2.75) is 45.5 Å². The van der Waals surface area contributed by atoms with Gasteiger partial charge in [0.05, 0.1) is 6.10 Å². The lowest BCUT2D eigenvalue weighted by Gasteiger charge is -2.40. The van der Waals surface area contributed by atoms with Crippen molar-refractivity contribution >= 4 is 40.7 Å². The lowest BCUT2D eigenvalue weighted by molar-refractivity contribution is -0.0835. The molecule has 0 spiro atoms. The first-order valence-corrected chi connectivity index (χ1v) is 11.3. The molecule has 0 aliphatic carbocycles. The Balaban J connectivity index is 0.00000392. The SMILES string of the molecule is CN=C(NCCS(=O)Cc1ccccc1)NCC1CCCOC1C(C)(C)C.I. The van der Waals surface area contributed by atoms with Crippen LogP contribution in [0.2, 0.25) is 0 Å². The van der Waals surface area contributed by atoms with Gasteiger partial charge in [-0.1, -0.05) is 51.1 Å². The van der Waals surface area contributed by atoms with Crippen molar-refractivity contribution in [3.05, 3.63) is 35.9 Å². The van der Waals surface area contributed by atoms with Crippen LogP contribution in [0.3, 0.4) is 0 Å². The first-order valence-electron chi connectivity index (χ1n) is 9.85. The van der Waals surface area contributed by atoms with Gasteiger partial charge in [-0.15, -0.1) is 24.0 Å². The van der Waals surface area contributed by atoms with Gasteiger partial charge in [0, 0.05) is 55.0 Å². The van der Waals surface area contributed by atoms with Gasteiger partial charge in [-0.2, -0.15) is 0 Å². The third-order valence-corrected chi connectivity index (χ3v) is 6.16. The fraction of sp³-hybridized carbons (Fsp3) is 0.667. The van der Waals surface area contributed by atoms with Gasteiger partial charge in [-0.3, -0.25) is 9.20 Å². The Morgan fingerprint density at radius 3 is 2.61 bits per heavy atom. The molecule has 1 aromatic carbocycles. The summed E-state index contributed by atoms with van der Waals surface area (Å²) in [7, 11) is 0.892. The molecule has 7 heteroatoms. The van der Waals surface area contributed by atoms with E-state index < -0.39 is 10.8 Å². The summed E-state index contributed by atoms with van der Waals surface area (Å²) in [5.41, 5.74) is 1.25. The minimum atomic E-state index is -0.880. The Morgan fingerprint density at radius 1 is 1.25 bits per heavy atom. The first kappa shape index (κ1) is 25.4. The molecule has 5 nitrogen and oxygen atoms in total. The molecule has 1 fully saturated rings. The molecule has 3 unspecified atom stereocenters. The second kappa shape index (κ2) is 12.8. The Hall–Kier alpha value is -0.670. The predicted octanol–water partition coefficient (Wildman–Crippen LogP) is 3.56. The number of rotatable bonds is 7. The number of hydrogen-bond donors (Lipinski definition) is 2. The summed E-state index contributed by atoms with van der Waals surface area (Å²) in [6.45, 7) is 9.07. The van der Waals surface area contributed by atoms with E-state index in [1.54, 1.807) is 7.05 Å². The average Bonchev–Trinajstić information content (AvgIpc) is 2.64. The summed E-state index contributed by atoms with van der Waals surface area (Å²) in [5.74, 6) is 2.45. The predicted molar refractivity (Wildman–Crippen MR) is 130 cm³/mol. The molecule has 1 aliphatic heterocycles. The highest BCUT2D eigenvalue weighted by Gasteiger charge is 2.35. The van der Waals surface area contributed by atoms with E-state index in [0.29, 0.717) is 24.0 Å². The molecule has 0 bridgehead atoms. The highest BCUT2D eigenvalue weighted by atomic mass is 127. The summed E-state index contributed by atoms with van der Waals surface area (Å²) in [5, 5.41) is 6.71. The van der Waals surface area contributed by atoms with Crippen LogP contribution >= 0.6 is 24.0 Å². The third-order valence-electron chi connectivity index (χ3n) is 4.85. The number of aliphatic imine (C=N–C) groups is 1. The van der Waals surface area contributed by atoms with Crippen molar-refractivity contribution < 1.29 is 8.95 Å². The number of nitrogens with one attached hydrogen (secondary N) is 2. The molecule has 0 amide bonds. The molecule has 1 saturated heterocycles. The van der Waals surface area contributed by atoms with Gasteiger partial charge in [0.25, 0.3) is 0 Å². The molecule has 0 saturated carbocycles. The van der Waals surface area contributed by atoms with Crippen LogP contribution in [0.15, 0.2) is 35.3 Å². The van der Waals surface area contributed by atoms with E-state index in [4.69, 9.17) is 4.74 Å². The van der Waals surface area contributed by atoms with Gasteiger partial charge < -0.3 is 15.4 Å². The fourth-order valence-corrected chi connectivity index (χ4v) is 4.61. The van der Waals surface area contributed by atoms with Crippen LogP contribution in [0.5, 0.6) is 0 Å². The summed E-state index contributed by atoms with van der Waals surface area (Å²) in [6, 6.07) is 9.98. The van der Waals surface area contributed by atoms with Crippen LogP contribution in [0.1, 0.15) is 39.2 Å². The minimum absolute atomic E-state index is 0. The van der Waals surface area contributed by atoms with Gasteiger partial charge in [0.1, 0.15) is 0 Å². The van der Waals surface area contributed by atoms with Crippen LogP contribution in [0.4, 0.5) is 0 Å². The monoisotopic (exact) mass is 521 g/mol. The summed E-state index contributed by atoms with van der Waals surface area (Å²) in [6.07, 6.45) is 2.55. The second-order valence-electron chi connectivity index (χ2n) is 8.21. The van der Waals surface area contributed by atoms with E-state index in [9.17, 15) is 4.21 Å².